The minimum Gasteiger partial charge on any atom is -0.334 e. The second-order valence-corrected chi connectivity index (χ2v) is 6.23. The molecule has 1 aliphatic heterocycles. The van der Waals surface area contributed by atoms with E-state index in [2.05, 4.69) is 31.4 Å². The maximum Gasteiger partial charge on any atom is 0.259 e. The average molecular weight is 357 g/mol. The lowest BCUT2D eigenvalue weighted by atomic mass is 10.1. The van der Waals surface area contributed by atoms with Crippen LogP contribution >= 0.6 is 27.5 Å². The molecule has 1 aromatic carbocycles. The van der Waals surface area contributed by atoms with Crippen molar-refractivity contribution in [1.82, 2.24) is 15.5 Å². The third-order valence-electron chi connectivity index (χ3n) is 3.47. The van der Waals surface area contributed by atoms with Crippen LogP contribution in [0.2, 0.25) is 5.02 Å². The van der Waals surface area contributed by atoms with Gasteiger partial charge in [0.1, 0.15) is 0 Å². The molecule has 3 rings (SSSR count). The Balaban J connectivity index is 1.87. The first-order chi connectivity index (χ1) is 9.74. The van der Waals surface area contributed by atoms with Crippen molar-refractivity contribution in [3.63, 3.8) is 0 Å². The Morgan fingerprint density at radius 3 is 3.10 bits per heavy atom. The van der Waals surface area contributed by atoms with Crippen molar-refractivity contribution in [2.45, 2.75) is 31.7 Å². The molecule has 20 heavy (non-hydrogen) atoms. The van der Waals surface area contributed by atoms with Crippen molar-refractivity contribution in [1.29, 1.82) is 0 Å². The molecule has 1 unspecified atom stereocenters. The standard InChI is InChI=1S/C14H15BrClN3O/c15-11-6-5-9(16)8-10(11)14-18-13(19-20-14)12-4-2-1-3-7-17-12/h5-6,8,12,17H,1-4,7H2. The summed E-state index contributed by atoms with van der Waals surface area (Å²) in [6.07, 6.45) is 4.72. The highest BCUT2D eigenvalue weighted by Gasteiger charge is 2.20. The lowest BCUT2D eigenvalue weighted by molar-refractivity contribution is 0.402. The Bertz CT molecular complexity index is 594. The summed E-state index contributed by atoms with van der Waals surface area (Å²) in [6, 6.07) is 5.71. The molecule has 0 aliphatic carbocycles. The van der Waals surface area contributed by atoms with Crippen molar-refractivity contribution >= 4 is 27.5 Å². The number of hydrogen-bond donors (Lipinski definition) is 1. The molecule has 0 saturated carbocycles. The Labute approximate surface area is 131 Å². The van der Waals surface area contributed by atoms with Crippen LogP contribution < -0.4 is 5.32 Å². The highest BCUT2D eigenvalue weighted by atomic mass is 79.9. The van der Waals surface area contributed by atoms with E-state index in [1.165, 1.54) is 19.3 Å². The molecule has 1 aliphatic rings. The number of halogens is 2. The maximum absolute atomic E-state index is 6.02. The van der Waals surface area contributed by atoms with Crippen LogP contribution in [-0.2, 0) is 0 Å². The molecule has 0 radical (unpaired) electrons. The van der Waals surface area contributed by atoms with Gasteiger partial charge in [0.25, 0.3) is 5.89 Å². The monoisotopic (exact) mass is 355 g/mol. The zero-order valence-electron chi connectivity index (χ0n) is 10.9. The van der Waals surface area contributed by atoms with Gasteiger partial charge in [-0.05, 0) is 53.5 Å². The molecule has 0 bridgehead atoms. The fraction of sp³-hybridized carbons (Fsp3) is 0.429. The first-order valence-corrected chi connectivity index (χ1v) is 7.93. The summed E-state index contributed by atoms with van der Waals surface area (Å²) >= 11 is 9.50. The van der Waals surface area contributed by atoms with Crippen molar-refractivity contribution in [2.24, 2.45) is 0 Å². The molecule has 0 spiro atoms. The van der Waals surface area contributed by atoms with Gasteiger partial charge >= 0.3 is 0 Å². The topological polar surface area (TPSA) is 51.0 Å². The van der Waals surface area contributed by atoms with E-state index < -0.39 is 0 Å². The normalized spacial score (nSPS) is 19.8. The molecule has 1 aromatic heterocycles. The Morgan fingerprint density at radius 1 is 1.30 bits per heavy atom. The van der Waals surface area contributed by atoms with E-state index >= 15 is 0 Å². The van der Waals surface area contributed by atoms with E-state index in [1.807, 2.05) is 18.2 Å². The summed E-state index contributed by atoms with van der Waals surface area (Å²) in [6.45, 7) is 1.01. The van der Waals surface area contributed by atoms with Crippen molar-refractivity contribution in [2.75, 3.05) is 6.54 Å². The van der Waals surface area contributed by atoms with Gasteiger partial charge in [-0.3, -0.25) is 0 Å². The van der Waals surface area contributed by atoms with E-state index in [0.717, 1.165) is 28.8 Å². The molecule has 1 atom stereocenters. The van der Waals surface area contributed by atoms with Crippen LogP contribution in [0, 0.1) is 0 Å². The Morgan fingerprint density at radius 2 is 2.20 bits per heavy atom. The van der Waals surface area contributed by atoms with Crippen LogP contribution in [0.4, 0.5) is 0 Å². The predicted molar refractivity (Wildman–Crippen MR) is 81.7 cm³/mol. The predicted octanol–water partition coefficient (Wildman–Crippen LogP) is 4.36. The molecule has 1 fully saturated rings. The maximum atomic E-state index is 6.02. The number of nitrogens with one attached hydrogen (secondary N) is 1. The molecule has 6 heteroatoms. The number of aromatic nitrogens is 2. The van der Waals surface area contributed by atoms with Gasteiger partial charge in [-0.2, -0.15) is 4.98 Å². The summed E-state index contributed by atoms with van der Waals surface area (Å²) in [5.74, 6) is 1.23. The van der Waals surface area contributed by atoms with Crippen LogP contribution in [0.25, 0.3) is 11.5 Å². The van der Waals surface area contributed by atoms with Crippen LogP contribution in [0.5, 0.6) is 0 Å². The average Bonchev–Trinajstić information content (AvgIpc) is 2.77. The fourth-order valence-corrected chi connectivity index (χ4v) is 2.98. The first kappa shape index (κ1) is 14.0. The molecule has 106 valence electrons. The van der Waals surface area contributed by atoms with Gasteiger partial charge in [-0.15, -0.1) is 0 Å². The molecule has 0 amide bonds. The molecule has 2 aromatic rings. The summed E-state index contributed by atoms with van der Waals surface area (Å²) < 4.78 is 6.29. The summed E-state index contributed by atoms with van der Waals surface area (Å²) in [7, 11) is 0. The fourth-order valence-electron chi connectivity index (χ4n) is 2.40. The van der Waals surface area contributed by atoms with E-state index in [1.54, 1.807) is 0 Å². The lowest BCUT2D eigenvalue weighted by Crippen LogP contribution is -2.21. The van der Waals surface area contributed by atoms with Crippen molar-refractivity contribution in [3.05, 3.63) is 33.5 Å². The lowest BCUT2D eigenvalue weighted by Gasteiger charge is -2.09. The van der Waals surface area contributed by atoms with E-state index in [-0.39, 0.29) is 6.04 Å². The van der Waals surface area contributed by atoms with Gasteiger partial charge in [0.15, 0.2) is 5.82 Å². The zero-order chi connectivity index (χ0) is 13.9. The third-order valence-corrected chi connectivity index (χ3v) is 4.40. The molecular formula is C14H15BrClN3O. The summed E-state index contributed by atoms with van der Waals surface area (Å²) in [5.41, 5.74) is 0.824. The second-order valence-electron chi connectivity index (χ2n) is 4.94. The number of nitrogens with zero attached hydrogens (tertiary/aromatic N) is 2. The first-order valence-electron chi connectivity index (χ1n) is 6.76. The second kappa shape index (κ2) is 6.24. The SMILES string of the molecule is Clc1ccc(Br)c(-c2nc(C3CCCCCN3)no2)c1. The Hall–Kier alpha value is -0.910. The molecule has 1 saturated heterocycles. The molecular weight excluding hydrogens is 342 g/mol. The quantitative estimate of drug-likeness (QED) is 0.868. The highest BCUT2D eigenvalue weighted by Crippen LogP contribution is 2.31. The number of hydrogen-bond acceptors (Lipinski definition) is 4. The van der Waals surface area contributed by atoms with Crippen LogP contribution in [-0.4, -0.2) is 16.7 Å². The third kappa shape index (κ3) is 3.05. The van der Waals surface area contributed by atoms with E-state index in [4.69, 9.17) is 16.1 Å². The number of benzene rings is 1. The van der Waals surface area contributed by atoms with Gasteiger partial charge in [0, 0.05) is 9.50 Å². The van der Waals surface area contributed by atoms with Gasteiger partial charge in [-0.25, -0.2) is 0 Å². The summed E-state index contributed by atoms with van der Waals surface area (Å²) in [4.78, 5) is 4.52. The largest absolute Gasteiger partial charge is 0.334 e. The van der Waals surface area contributed by atoms with E-state index in [0.29, 0.717) is 10.9 Å². The van der Waals surface area contributed by atoms with Crippen molar-refractivity contribution < 1.29 is 4.52 Å². The smallest absolute Gasteiger partial charge is 0.259 e. The Kier molecular flexibility index (Phi) is 4.38. The highest BCUT2D eigenvalue weighted by molar-refractivity contribution is 9.10. The van der Waals surface area contributed by atoms with Crippen molar-refractivity contribution in [3.8, 4) is 11.5 Å². The van der Waals surface area contributed by atoms with Gasteiger partial charge < -0.3 is 9.84 Å². The molecule has 2 heterocycles. The van der Waals surface area contributed by atoms with E-state index in [9.17, 15) is 0 Å². The van der Waals surface area contributed by atoms with Crippen LogP contribution in [0.1, 0.15) is 37.5 Å². The molecule has 1 N–H and O–H groups in total. The van der Waals surface area contributed by atoms with Gasteiger partial charge in [-0.1, -0.05) is 29.6 Å². The van der Waals surface area contributed by atoms with Crippen LogP contribution in [0.3, 0.4) is 0 Å². The minimum absolute atomic E-state index is 0.188. The van der Waals surface area contributed by atoms with Gasteiger partial charge in [0.2, 0.25) is 0 Å². The zero-order valence-corrected chi connectivity index (χ0v) is 13.2. The van der Waals surface area contributed by atoms with Crippen LogP contribution in [0.15, 0.2) is 27.2 Å². The minimum atomic E-state index is 0.188. The number of rotatable bonds is 2. The summed E-state index contributed by atoms with van der Waals surface area (Å²) in [5, 5.41) is 8.23. The molecule has 4 nitrogen and oxygen atoms in total. The van der Waals surface area contributed by atoms with Gasteiger partial charge in [0.05, 0.1) is 11.6 Å².